The first kappa shape index (κ1) is 56.3. The molecule has 3 heteroatoms. The maximum Gasteiger partial charge on any atom is 0.156 e. The molecule has 0 aliphatic carbocycles. The van der Waals surface area contributed by atoms with E-state index in [0.717, 1.165) is 89.0 Å². The third-order valence-corrected chi connectivity index (χ3v) is 13.9. The van der Waals surface area contributed by atoms with E-state index in [4.69, 9.17) is 4.74 Å². The number of rotatable bonds is 8. The van der Waals surface area contributed by atoms with E-state index >= 15 is 5.11 Å². The highest BCUT2D eigenvalue weighted by atomic mass is 16.5. The van der Waals surface area contributed by atoms with Crippen LogP contribution in [0.5, 0.6) is 0 Å². The zero-order valence-corrected chi connectivity index (χ0v) is 48.3. The van der Waals surface area contributed by atoms with Crippen LogP contribution in [0.4, 0.5) is 0 Å². The van der Waals surface area contributed by atoms with Crippen LogP contribution in [-0.2, 0) is 59.3 Å². The van der Waals surface area contributed by atoms with Gasteiger partial charge in [-0.25, -0.2) is 0 Å². The van der Waals surface area contributed by atoms with Gasteiger partial charge < -0.3 is 14.9 Å². The Morgan fingerprint density at radius 2 is 0.478 bits per heavy atom. The Morgan fingerprint density at radius 1 is 0.313 bits per heavy atom. The first-order valence-electron chi connectivity index (χ1n) is 25.4. The Labute approximate surface area is 412 Å². The lowest BCUT2D eigenvalue weighted by Gasteiger charge is -2.57. The number of benzene rings is 4. The summed E-state index contributed by atoms with van der Waals surface area (Å²) < 4.78 is 8.28. The van der Waals surface area contributed by atoms with Gasteiger partial charge in [-0.15, -0.1) is 0 Å². The summed E-state index contributed by atoms with van der Waals surface area (Å²) in [4.78, 5) is 0. The van der Waals surface area contributed by atoms with Crippen LogP contribution in [0, 0.1) is 27.7 Å². The molecule has 0 aliphatic heterocycles. The fourth-order valence-electron chi connectivity index (χ4n) is 10.8. The summed E-state index contributed by atoms with van der Waals surface area (Å²) in [6, 6.07) is 18.9. The summed E-state index contributed by atoms with van der Waals surface area (Å²) in [7, 11) is 0. The summed E-state index contributed by atoms with van der Waals surface area (Å²) in [6.07, 6.45) is 0. The molecule has 0 saturated carbocycles. The van der Waals surface area contributed by atoms with Crippen molar-refractivity contribution in [3.63, 3.8) is 0 Å². The number of hydrogen-bond acceptors (Lipinski definition) is 3. The van der Waals surface area contributed by atoms with Crippen molar-refractivity contribution >= 4 is 0 Å². The molecule has 0 bridgehead atoms. The molecule has 0 atom stereocenters. The number of aliphatic hydroxyl groups excluding tert-OH is 1. The van der Waals surface area contributed by atoms with Crippen LogP contribution < -0.4 is 0 Å². The molecule has 4 aromatic rings. The molecule has 0 heterocycles. The van der Waals surface area contributed by atoms with Crippen molar-refractivity contribution in [1.29, 1.82) is 0 Å². The predicted octanol–water partition coefficient (Wildman–Crippen LogP) is 16.5. The minimum absolute atomic E-state index is 0.0203. The molecular weight excluding hydrogens is 817 g/mol. The molecular formula is C64H98O3. The van der Waals surface area contributed by atoms with Crippen molar-refractivity contribution in [2.24, 2.45) is 0 Å². The summed E-state index contributed by atoms with van der Waals surface area (Å²) in [5, 5.41) is 28.4. The van der Waals surface area contributed by atoms with Crippen LogP contribution in [0.3, 0.4) is 0 Å². The van der Waals surface area contributed by atoms with Gasteiger partial charge in [0.2, 0.25) is 0 Å². The van der Waals surface area contributed by atoms with Crippen molar-refractivity contribution in [2.45, 2.75) is 248 Å². The van der Waals surface area contributed by atoms with E-state index in [1.165, 1.54) is 0 Å². The Morgan fingerprint density at radius 3 is 0.627 bits per heavy atom. The van der Waals surface area contributed by atoms with Crippen molar-refractivity contribution in [3.8, 4) is 0 Å². The van der Waals surface area contributed by atoms with Gasteiger partial charge in [-0.05, 0) is 138 Å². The molecule has 67 heavy (non-hydrogen) atoms. The lowest BCUT2D eigenvalue weighted by atomic mass is 9.52. The van der Waals surface area contributed by atoms with Gasteiger partial charge in [-0.3, -0.25) is 0 Å². The van der Waals surface area contributed by atoms with Crippen molar-refractivity contribution < 1.29 is 14.9 Å². The highest BCUT2D eigenvalue weighted by Crippen LogP contribution is 2.64. The van der Waals surface area contributed by atoms with E-state index in [-0.39, 0.29) is 13.2 Å². The third kappa shape index (κ3) is 10.8. The van der Waals surface area contributed by atoms with Gasteiger partial charge in [0, 0.05) is 0 Å². The average molecular weight is 915 g/mol. The first-order valence-corrected chi connectivity index (χ1v) is 25.4. The molecule has 0 aliphatic rings. The second kappa shape index (κ2) is 17.9. The number of ether oxygens (including phenoxy) is 1. The van der Waals surface area contributed by atoms with Gasteiger partial charge in [0.05, 0.1) is 13.2 Å². The lowest BCUT2D eigenvalue weighted by Crippen LogP contribution is -2.59. The molecule has 0 aromatic heterocycles. The van der Waals surface area contributed by atoms with Crippen LogP contribution in [0.1, 0.15) is 255 Å². The summed E-state index contributed by atoms with van der Waals surface area (Å²) in [5.74, 6) is 0. The second-order valence-corrected chi connectivity index (χ2v) is 28.9. The van der Waals surface area contributed by atoms with Crippen molar-refractivity contribution in [1.82, 2.24) is 0 Å². The van der Waals surface area contributed by atoms with E-state index in [9.17, 15) is 5.11 Å². The van der Waals surface area contributed by atoms with Gasteiger partial charge in [-0.1, -0.05) is 237 Å². The fourth-order valence-corrected chi connectivity index (χ4v) is 10.8. The standard InChI is InChI=1S/C64H98O3/c1-39-31-43(55(5,6)7)51(44(32-39)56(8,9)10)63(66,52-45(57(11,12)13)33-40(2)34-46(52)58(14,15)16)64(67-30-29-65,53-47(59(17,18)19)35-41(3)36-48(53)60(20,21)22)54-49(61(23,24)25)37-42(4)38-50(54)62(26,27)28/h31-38,65-66H,29-30H2,1-28H3. The number of aryl methyl sites for hydroxylation is 4. The third-order valence-electron chi connectivity index (χ3n) is 13.9. The predicted molar refractivity (Wildman–Crippen MR) is 291 cm³/mol. The molecule has 0 radical (unpaired) electrons. The monoisotopic (exact) mass is 915 g/mol. The molecule has 372 valence electrons. The Kier molecular flexibility index (Phi) is 15.0. The van der Waals surface area contributed by atoms with Crippen molar-refractivity contribution in [3.05, 3.63) is 138 Å². The van der Waals surface area contributed by atoms with Crippen LogP contribution in [0.25, 0.3) is 0 Å². The van der Waals surface area contributed by atoms with Gasteiger partial charge in [-0.2, -0.15) is 0 Å². The summed E-state index contributed by atoms with van der Waals surface area (Å²) in [5.41, 5.74) is 10.0. The van der Waals surface area contributed by atoms with Crippen LogP contribution in [-0.4, -0.2) is 23.4 Å². The van der Waals surface area contributed by atoms with E-state index in [1.54, 1.807) is 0 Å². The fraction of sp³-hybridized carbons (Fsp3) is 0.625. The highest BCUT2D eigenvalue weighted by molar-refractivity contribution is 5.69. The lowest BCUT2D eigenvalue weighted by molar-refractivity contribution is -0.162. The summed E-state index contributed by atoms with van der Waals surface area (Å²) in [6.45, 7) is 64.1. The van der Waals surface area contributed by atoms with Gasteiger partial charge in [0.15, 0.2) is 11.2 Å². The molecule has 0 spiro atoms. The molecule has 2 N–H and O–H groups in total. The SMILES string of the molecule is Cc1cc(C(C)(C)C)c(C(O)(c2c(C(C)(C)C)cc(C)cc2C(C)(C)C)C(OCCO)(c2c(C(C)(C)C)cc(C)cc2C(C)(C)C)c2c(C(C)(C)C)cc(C)cc2C(C)(C)C)c(C(C)(C)C)c1. The second-order valence-electron chi connectivity index (χ2n) is 28.9. The largest absolute Gasteiger partial charge is 0.394 e. The smallest absolute Gasteiger partial charge is 0.156 e. The van der Waals surface area contributed by atoms with E-state index < -0.39 is 54.5 Å². The minimum atomic E-state index is -1.98. The molecule has 0 amide bonds. The molecule has 0 saturated heterocycles. The van der Waals surface area contributed by atoms with Crippen LogP contribution in [0.2, 0.25) is 0 Å². The Balaban J connectivity index is 3.02. The van der Waals surface area contributed by atoms with Gasteiger partial charge >= 0.3 is 0 Å². The zero-order valence-electron chi connectivity index (χ0n) is 48.3. The van der Waals surface area contributed by atoms with Gasteiger partial charge in [0.1, 0.15) is 0 Å². The quantitative estimate of drug-likeness (QED) is 0.185. The minimum Gasteiger partial charge on any atom is -0.394 e. The maximum atomic E-state index is 16.8. The Hall–Kier alpha value is -3.24. The first-order chi connectivity index (χ1) is 29.8. The number of aliphatic hydroxyl groups is 2. The van der Waals surface area contributed by atoms with E-state index in [1.807, 2.05) is 0 Å². The molecule has 4 rings (SSSR count). The Bertz CT molecular complexity index is 2150. The zero-order chi connectivity index (χ0) is 52.0. The molecule has 0 unspecified atom stereocenters. The van der Waals surface area contributed by atoms with Crippen molar-refractivity contribution in [2.75, 3.05) is 13.2 Å². The number of hydrogen-bond donors (Lipinski definition) is 2. The van der Waals surface area contributed by atoms with Crippen LogP contribution >= 0.6 is 0 Å². The normalized spacial score (nSPS) is 14.3. The molecule has 4 aromatic carbocycles. The summed E-state index contributed by atoms with van der Waals surface area (Å²) >= 11 is 0. The van der Waals surface area contributed by atoms with Gasteiger partial charge in [0.25, 0.3) is 0 Å². The average Bonchev–Trinajstić information content (AvgIpc) is 3.11. The topological polar surface area (TPSA) is 49.7 Å². The highest BCUT2D eigenvalue weighted by Gasteiger charge is 2.65. The maximum absolute atomic E-state index is 16.8. The van der Waals surface area contributed by atoms with Crippen LogP contribution in [0.15, 0.2) is 48.5 Å². The van der Waals surface area contributed by atoms with E-state index in [0.29, 0.717) is 0 Å². The molecule has 0 fully saturated rings. The molecule has 3 nitrogen and oxygen atoms in total. The van der Waals surface area contributed by atoms with E-state index in [2.05, 4.69) is 242 Å².